The number of aromatic nitrogens is 1. The Balaban J connectivity index is 2.26. The second-order valence-electron chi connectivity index (χ2n) is 4.77. The van der Waals surface area contributed by atoms with E-state index in [1.54, 1.807) is 7.05 Å². The predicted octanol–water partition coefficient (Wildman–Crippen LogP) is 1.01. The van der Waals surface area contributed by atoms with Gasteiger partial charge in [0.05, 0.1) is 19.9 Å². The molecule has 0 fully saturated rings. The van der Waals surface area contributed by atoms with Crippen LogP contribution in [0.15, 0.2) is 47.4 Å². The van der Waals surface area contributed by atoms with Crippen molar-refractivity contribution in [2.24, 2.45) is 0 Å². The van der Waals surface area contributed by atoms with Gasteiger partial charge in [-0.2, -0.15) is 0 Å². The SMILES string of the molecule is COc1cn(CC(=O)N(C)c2ccccc2)c(CO)cc1=O. The number of aliphatic hydroxyl groups excluding tert-OH is 1. The number of hydrogen-bond acceptors (Lipinski definition) is 4. The average molecular weight is 302 g/mol. The van der Waals surface area contributed by atoms with Crippen LogP contribution < -0.4 is 15.1 Å². The van der Waals surface area contributed by atoms with Crippen molar-refractivity contribution in [1.29, 1.82) is 0 Å². The van der Waals surface area contributed by atoms with Gasteiger partial charge in [0.25, 0.3) is 0 Å². The molecule has 0 saturated carbocycles. The van der Waals surface area contributed by atoms with Gasteiger partial charge in [-0.05, 0) is 12.1 Å². The maximum absolute atomic E-state index is 12.4. The number of para-hydroxylation sites is 1. The fourth-order valence-corrected chi connectivity index (χ4v) is 2.08. The van der Waals surface area contributed by atoms with E-state index >= 15 is 0 Å². The highest BCUT2D eigenvalue weighted by Crippen LogP contribution is 2.13. The number of rotatable bonds is 5. The Morgan fingerprint density at radius 3 is 2.59 bits per heavy atom. The largest absolute Gasteiger partial charge is 0.491 e. The molecule has 6 nitrogen and oxygen atoms in total. The fraction of sp³-hybridized carbons (Fsp3) is 0.250. The summed E-state index contributed by atoms with van der Waals surface area (Å²) in [5.74, 6) is -0.0426. The number of hydrogen-bond donors (Lipinski definition) is 1. The number of carbonyl (C=O) groups excluding carboxylic acids is 1. The van der Waals surface area contributed by atoms with Gasteiger partial charge >= 0.3 is 0 Å². The zero-order chi connectivity index (χ0) is 16.1. The number of carbonyl (C=O) groups is 1. The van der Waals surface area contributed by atoms with Crippen LogP contribution in [0.2, 0.25) is 0 Å². The van der Waals surface area contributed by atoms with Crippen LogP contribution in [0.1, 0.15) is 5.69 Å². The molecule has 1 aromatic carbocycles. The number of ether oxygens (including phenoxy) is 1. The van der Waals surface area contributed by atoms with Crippen LogP contribution in [0.25, 0.3) is 0 Å². The van der Waals surface area contributed by atoms with Crippen LogP contribution >= 0.6 is 0 Å². The number of nitrogens with zero attached hydrogens (tertiary/aromatic N) is 2. The van der Waals surface area contributed by atoms with E-state index in [9.17, 15) is 14.7 Å². The molecule has 116 valence electrons. The molecule has 0 aliphatic carbocycles. The lowest BCUT2D eigenvalue weighted by atomic mass is 10.3. The highest BCUT2D eigenvalue weighted by atomic mass is 16.5. The molecule has 1 aromatic heterocycles. The quantitative estimate of drug-likeness (QED) is 0.895. The lowest BCUT2D eigenvalue weighted by Gasteiger charge is -2.19. The Morgan fingerprint density at radius 1 is 1.32 bits per heavy atom. The number of methoxy groups -OCH3 is 1. The zero-order valence-electron chi connectivity index (χ0n) is 12.5. The number of amides is 1. The molecule has 0 saturated heterocycles. The van der Waals surface area contributed by atoms with E-state index in [2.05, 4.69) is 0 Å². The number of anilines is 1. The zero-order valence-corrected chi connectivity index (χ0v) is 12.5. The third kappa shape index (κ3) is 3.35. The van der Waals surface area contributed by atoms with Crippen LogP contribution in [-0.4, -0.2) is 29.7 Å². The molecule has 22 heavy (non-hydrogen) atoms. The number of aliphatic hydroxyl groups is 1. The summed E-state index contributed by atoms with van der Waals surface area (Å²) in [4.78, 5) is 25.6. The van der Waals surface area contributed by atoms with Gasteiger partial charge in [-0.15, -0.1) is 0 Å². The lowest BCUT2D eigenvalue weighted by molar-refractivity contribution is -0.118. The number of pyridine rings is 1. The predicted molar refractivity (Wildman–Crippen MR) is 83.0 cm³/mol. The maximum atomic E-state index is 12.4. The molecule has 2 rings (SSSR count). The summed E-state index contributed by atoms with van der Waals surface area (Å²) >= 11 is 0. The molecule has 6 heteroatoms. The molecule has 0 unspecified atom stereocenters. The smallest absolute Gasteiger partial charge is 0.246 e. The minimum absolute atomic E-state index is 0.00206. The van der Waals surface area contributed by atoms with Gasteiger partial charge in [-0.1, -0.05) is 18.2 Å². The van der Waals surface area contributed by atoms with Crippen molar-refractivity contribution in [3.8, 4) is 5.75 Å². The van der Waals surface area contributed by atoms with Gasteiger partial charge in [0.2, 0.25) is 11.3 Å². The summed E-state index contributed by atoms with van der Waals surface area (Å²) in [6.45, 7) is -0.334. The first-order valence-corrected chi connectivity index (χ1v) is 6.76. The minimum atomic E-state index is -0.332. The van der Waals surface area contributed by atoms with Gasteiger partial charge in [-0.3, -0.25) is 9.59 Å². The molecule has 1 amide bonds. The van der Waals surface area contributed by atoms with Crippen LogP contribution in [0.5, 0.6) is 5.75 Å². The third-order valence-electron chi connectivity index (χ3n) is 3.39. The molecule has 0 radical (unpaired) electrons. The monoisotopic (exact) mass is 302 g/mol. The topological polar surface area (TPSA) is 71.8 Å². The van der Waals surface area contributed by atoms with Crippen LogP contribution in [0, 0.1) is 0 Å². The Labute approximate surface area is 128 Å². The molecule has 0 bridgehead atoms. The first kappa shape index (κ1) is 15.8. The Bertz CT molecular complexity index is 710. The third-order valence-corrected chi connectivity index (χ3v) is 3.39. The van der Waals surface area contributed by atoms with Gasteiger partial charge in [-0.25, -0.2) is 0 Å². The molecule has 0 spiro atoms. The van der Waals surface area contributed by atoms with Gasteiger partial charge in [0.15, 0.2) is 5.75 Å². The summed E-state index contributed by atoms with van der Waals surface area (Å²) in [5.41, 5.74) is 0.804. The van der Waals surface area contributed by atoms with E-state index < -0.39 is 0 Å². The molecule has 1 N–H and O–H groups in total. The highest BCUT2D eigenvalue weighted by molar-refractivity contribution is 5.92. The van der Waals surface area contributed by atoms with Crippen molar-refractivity contribution < 1.29 is 14.6 Å². The average Bonchev–Trinajstić information content (AvgIpc) is 2.55. The second kappa shape index (κ2) is 6.91. The van der Waals surface area contributed by atoms with Crippen LogP contribution in [0.4, 0.5) is 5.69 Å². The Kier molecular flexibility index (Phi) is 4.95. The van der Waals surface area contributed by atoms with Gasteiger partial charge < -0.3 is 19.3 Å². The van der Waals surface area contributed by atoms with Gasteiger partial charge in [0.1, 0.15) is 6.54 Å². The van der Waals surface area contributed by atoms with Crippen molar-refractivity contribution in [2.75, 3.05) is 19.1 Å². The summed E-state index contributed by atoms with van der Waals surface area (Å²) in [7, 11) is 3.06. The van der Waals surface area contributed by atoms with E-state index in [1.165, 1.54) is 28.8 Å². The van der Waals surface area contributed by atoms with Crippen molar-refractivity contribution in [2.45, 2.75) is 13.2 Å². The van der Waals surface area contributed by atoms with E-state index in [4.69, 9.17) is 4.74 Å². The molecule has 0 aliphatic rings. The van der Waals surface area contributed by atoms with Gasteiger partial charge in [0, 0.05) is 24.5 Å². The Hall–Kier alpha value is -2.60. The standard InChI is InChI=1S/C16H18N2O4/c1-17(12-6-4-3-5-7-12)16(21)10-18-9-15(22-2)14(20)8-13(18)11-19/h3-9,19H,10-11H2,1-2H3. The lowest BCUT2D eigenvalue weighted by Crippen LogP contribution is -2.31. The second-order valence-corrected chi connectivity index (χ2v) is 4.77. The fourth-order valence-electron chi connectivity index (χ4n) is 2.08. The van der Waals surface area contributed by atoms with E-state index in [1.807, 2.05) is 30.3 Å². The van der Waals surface area contributed by atoms with Crippen molar-refractivity contribution in [3.63, 3.8) is 0 Å². The maximum Gasteiger partial charge on any atom is 0.246 e. The van der Waals surface area contributed by atoms with Crippen molar-refractivity contribution in [1.82, 2.24) is 4.57 Å². The molecule has 0 aliphatic heterocycles. The summed E-state index contributed by atoms with van der Waals surface area (Å²) < 4.78 is 6.49. The van der Waals surface area contributed by atoms with Crippen LogP contribution in [0.3, 0.4) is 0 Å². The number of likely N-dealkylation sites (N-methyl/N-ethyl adjacent to an activating group) is 1. The molecular weight excluding hydrogens is 284 g/mol. The summed E-state index contributed by atoms with van der Waals surface area (Å²) in [6, 6.07) is 10.5. The van der Waals surface area contributed by atoms with Crippen molar-refractivity contribution in [3.05, 3.63) is 58.5 Å². The summed E-state index contributed by atoms with van der Waals surface area (Å²) in [6.07, 6.45) is 1.44. The Morgan fingerprint density at radius 2 is 2.00 bits per heavy atom. The van der Waals surface area contributed by atoms with E-state index in [0.29, 0.717) is 5.69 Å². The molecule has 1 heterocycles. The molecule has 2 aromatic rings. The first-order valence-electron chi connectivity index (χ1n) is 6.76. The molecule has 0 atom stereocenters. The molecular formula is C16H18N2O4. The normalized spacial score (nSPS) is 10.3. The van der Waals surface area contributed by atoms with E-state index in [-0.39, 0.29) is 30.2 Å². The van der Waals surface area contributed by atoms with Crippen LogP contribution in [-0.2, 0) is 17.9 Å². The summed E-state index contributed by atoms with van der Waals surface area (Å²) in [5, 5.41) is 9.35. The van der Waals surface area contributed by atoms with E-state index in [0.717, 1.165) is 5.69 Å². The minimum Gasteiger partial charge on any atom is -0.491 e. The highest BCUT2D eigenvalue weighted by Gasteiger charge is 2.14. The number of benzene rings is 1. The van der Waals surface area contributed by atoms with Crippen molar-refractivity contribution >= 4 is 11.6 Å². The first-order chi connectivity index (χ1) is 10.6.